The maximum absolute atomic E-state index is 13.2. The van der Waals surface area contributed by atoms with E-state index in [0.717, 1.165) is 5.56 Å². The van der Waals surface area contributed by atoms with Crippen LogP contribution in [0.5, 0.6) is 0 Å². The number of benzene rings is 1. The van der Waals surface area contributed by atoms with Crippen molar-refractivity contribution >= 4 is 18.1 Å². The van der Waals surface area contributed by atoms with Gasteiger partial charge < -0.3 is 14.4 Å². The van der Waals surface area contributed by atoms with Gasteiger partial charge in [0.15, 0.2) is 0 Å². The lowest BCUT2D eigenvalue weighted by atomic mass is 9.84. The average molecular weight is 417 g/mol. The van der Waals surface area contributed by atoms with Gasteiger partial charge in [-0.3, -0.25) is 4.79 Å². The molecule has 3 amide bonds. The van der Waals surface area contributed by atoms with Crippen molar-refractivity contribution < 1.29 is 23.9 Å². The molecule has 0 aromatic heterocycles. The van der Waals surface area contributed by atoms with Gasteiger partial charge >= 0.3 is 12.2 Å². The number of carbonyl (C=O) groups is 3. The summed E-state index contributed by atoms with van der Waals surface area (Å²) in [6, 6.07) is 9.52. The fourth-order valence-electron chi connectivity index (χ4n) is 4.10. The lowest BCUT2D eigenvalue weighted by molar-refractivity contribution is -0.135. The van der Waals surface area contributed by atoms with Gasteiger partial charge in [0.2, 0.25) is 5.91 Å². The fraction of sp³-hybridized carbons (Fsp3) is 0.609. The van der Waals surface area contributed by atoms with E-state index >= 15 is 0 Å². The summed E-state index contributed by atoms with van der Waals surface area (Å²) in [5, 5.41) is 0. The monoisotopic (exact) mass is 416 g/mol. The molecular weight excluding hydrogens is 384 g/mol. The van der Waals surface area contributed by atoms with E-state index in [-0.39, 0.29) is 36.5 Å². The summed E-state index contributed by atoms with van der Waals surface area (Å²) < 4.78 is 10.6. The van der Waals surface area contributed by atoms with E-state index in [9.17, 15) is 14.4 Å². The van der Waals surface area contributed by atoms with Crippen LogP contribution in [0.4, 0.5) is 9.59 Å². The molecule has 0 spiro atoms. The fourth-order valence-corrected chi connectivity index (χ4v) is 4.10. The summed E-state index contributed by atoms with van der Waals surface area (Å²) in [6.45, 7) is 8.74. The van der Waals surface area contributed by atoms with Crippen LogP contribution in [0, 0.1) is 11.8 Å². The summed E-state index contributed by atoms with van der Waals surface area (Å²) in [4.78, 5) is 40.7. The van der Waals surface area contributed by atoms with Crippen molar-refractivity contribution in [3.8, 4) is 0 Å². The van der Waals surface area contributed by atoms with Gasteiger partial charge in [-0.2, -0.15) is 0 Å². The molecule has 2 saturated heterocycles. The number of hydrogen-bond donors (Lipinski definition) is 0. The van der Waals surface area contributed by atoms with Crippen molar-refractivity contribution in [2.75, 3.05) is 19.7 Å². The van der Waals surface area contributed by atoms with Crippen molar-refractivity contribution in [3.05, 3.63) is 35.9 Å². The second-order valence-corrected chi connectivity index (χ2v) is 9.22. The Balaban J connectivity index is 1.58. The Kier molecular flexibility index (Phi) is 6.68. The Hall–Kier alpha value is -2.57. The molecule has 2 atom stereocenters. The molecule has 2 unspecified atom stereocenters. The zero-order valence-corrected chi connectivity index (χ0v) is 18.3. The molecule has 0 N–H and O–H groups in total. The number of piperidine rings is 1. The van der Waals surface area contributed by atoms with Crippen LogP contribution in [0.2, 0.25) is 0 Å². The van der Waals surface area contributed by atoms with E-state index in [4.69, 9.17) is 9.47 Å². The smallest absolute Gasteiger partial charge is 0.416 e. The molecule has 0 bridgehead atoms. The van der Waals surface area contributed by atoms with Crippen LogP contribution in [-0.2, 0) is 20.7 Å². The van der Waals surface area contributed by atoms with Crippen molar-refractivity contribution in [2.45, 2.75) is 58.6 Å². The lowest BCUT2D eigenvalue weighted by Crippen LogP contribution is -2.47. The first-order valence-corrected chi connectivity index (χ1v) is 10.7. The van der Waals surface area contributed by atoms with Gasteiger partial charge in [0.25, 0.3) is 0 Å². The average Bonchev–Trinajstić information content (AvgIpc) is 3.06. The second-order valence-electron chi connectivity index (χ2n) is 9.22. The molecule has 2 heterocycles. The topological polar surface area (TPSA) is 76.2 Å². The summed E-state index contributed by atoms with van der Waals surface area (Å²) >= 11 is 0. The van der Waals surface area contributed by atoms with Gasteiger partial charge in [-0.05, 0) is 51.5 Å². The summed E-state index contributed by atoms with van der Waals surface area (Å²) in [5.41, 5.74) is 0.540. The SMILES string of the molecule is CC(C(=O)N1C(=O)OCC1Cc1ccccc1)C1CCN(C(=O)OC(C)(C)C)CC1. The third-order valence-electron chi connectivity index (χ3n) is 5.80. The van der Waals surface area contributed by atoms with Crippen LogP contribution in [0.15, 0.2) is 30.3 Å². The molecule has 7 nitrogen and oxygen atoms in total. The molecule has 30 heavy (non-hydrogen) atoms. The number of cyclic esters (lactones) is 1. The molecule has 1 aromatic rings. The molecule has 1 aromatic carbocycles. The van der Waals surface area contributed by atoms with E-state index in [1.54, 1.807) is 4.90 Å². The van der Waals surface area contributed by atoms with E-state index in [1.807, 2.05) is 58.0 Å². The number of ether oxygens (including phenoxy) is 2. The van der Waals surface area contributed by atoms with Crippen LogP contribution in [-0.4, -0.2) is 59.2 Å². The number of amides is 3. The number of likely N-dealkylation sites (tertiary alicyclic amines) is 1. The van der Waals surface area contributed by atoms with Gasteiger partial charge in [-0.1, -0.05) is 37.3 Å². The quantitative estimate of drug-likeness (QED) is 0.745. The molecule has 2 fully saturated rings. The van der Waals surface area contributed by atoms with Gasteiger partial charge in [-0.15, -0.1) is 0 Å². The van der Waals surface area contributed by atoms with Crippen molar-refractivity contribution in [1.29, 1.82) is 0 Å². The zero-order chi connectivity index (χ0) is 21.9. The highest BCUT2D eigenvalue weighted by molar-refractivity contribution is 5.94. The maximum atomic E-state index is 13.2. The minimum Gasteiger partial charge on any atom is -0.447 e. The standard InChI is InChI=1S/C23H32N2O5/c1-16(18-10-12-24(13-11-18)21(27)30-23(2,3)4)20(26)25-19(15-29-22(25)28)14-17-8-6-5-7-9-17/h5-9,16,18-19H,10-15H2,1-4H3. The van der Waals surface area contributed by atoms with Crippen LogP contribution in [0.25, 0.3) is 0 Å². The number of carbonyl (C=O) groups excluding carboxylic acids is 3. The molecule has 0 radical (unpaired) electrons. The summed E-state index contributed by atoms with van der Waals surface area (Å²) in [5.74, 6) is -0.383. The van der Waals surface area contributed by atoms with Crippen LogP contribution >= 0.6 is 0 Å². The number of nitrogens with zero attached hydrogens (tertiary/aromatic N) is 2. The number of hydrogen-bond acceptors (Lipinski definition) is 5. The number of rotatable bonds is 4. The van der Waals surface area contributed by atoms with Crippen LogP contribution in [0.3, 0.4) is 0 Å². The molecule has 0 aliphatic carbocycles. The Bertz CT molecular complexity index is 766. The van der Waals surface area contributed by atoms with Crippen molar-refractivity contribution in [2.24, 2.45) is 11.8 Å². The highest BCUT2D eigenvalue weighted by Gasteiger charge is 2.42. The Morgan fingerprint density at radius 2 is 1.80 bits per heavy atom. The minimum absolute atomic E-state index is 0.113. The molecule has 0 saturated carbocycles. The Morgan fingerprint density at radius 3 is 2.40 bits per heavy atom. The van der Waals surface area contributed by atoms with E-state index in [2.05, 4.69) is 0 Å². The minimum atomic E-state index is -0.557. The first kappa shape index (κ1) is 22.1. The van der Waals surface area contributed by atoms with Crippen LogP contribution in [0.1, 0.15) is 46.1 Å². The molecule has 2 aliphatic rings. The molecule has 7 heteroatoms. The zero-order valence-electron chi connectivity index (χ0n) is 18.3. The highest BCUT2D eigenvalue weighted by Crippen LogP contribution is 2.29. The first-order chi connectivity index (χ1) is 14.2. The number of imide groups is 1. The largest absolute Gasteiger partial charge is 0.447 e. The van der Waals surface area contributed by atoms with E-state index in [0.29, 0.717) is 32.4 Å². The molecule has 164 valence electrons. The molecule has 3 rings (SSSR count). The lowest BCUT2D eigenvalue weighted by Gasteiger charge is -2.36. The summed E-state index contributed by atoms with van der Waals surface area (Å²) in [7, 11) is 0. The normalized spacial score (nSPS) is 21.3. The predicted molar refractivity (Wildman–Crippen MR) is 112 cm³/mol. The van der Waals surface area contributed by atoms with Crippen molar-refractivity contribution in [1.82, 2.24) is 9.80 Å². The second kappa shape index (κ2) is 9.06. The van der Waals surface area contributed by atoms with E-state index in [1.165, 1.54) is 4.90 Å². The maximum Gasteiger partial charge on any atom is 0.416 e. The van der Waals surface area contributed by atoms with Gasteiger partial charge in [0.05, 0.1) is 6.04 Å². The van der Waals surface area contributed by atoms with Crippen LogP contribution < -0.4 is 0 Å². The molecular formula is C23H32N2O5. The van der Waals surface area contributed by atoms with Gasteiger partial charge in [-0.25, -0.2) is 14.5 Å². The van der Waals surface area contributed by atoms with E-state index < -0.39 is 11.7 Å². The van der Waals surface area contributed by atoms with Gasteiger partial charge in [0.1, 0.15) is 12.2 Å². The Labute approximate surface area is 178 Å². The third-order valence-corrected chi connectivity index (χ3v) is 5.80. The Morgan fingerprint density at radius 1 is 1.17 bits per heavy atom. The van der Waals surface area contributed by atoms with Crippen molar-refractivity contribution in [3.63, 3.8) is 0 Å². The molecule has 2 aliphatic heterocycles. The summed E-state index contributed by atoms with van der Waals surface area (Å²) in [6.07, 6.45) is 1.13. The van der Waals surface area contributed by atoms with Gasteiger partial charge in [0, 0.05) is 19.0 Å². The highest BCUT2D eigenvalue weighted by atomic mass is 16.6. The first-order valence-electron chi connectivity index (χ1n) is 10.7. The predicted octanol–water partition coefficient (Wildman–Crippen LogP) is 3.86. The third kappa shape index (κ3) is 5.32.